The van der Waals surface area contributed by atoms with Crippen LogP contribution in [-0.4, -0.2) is 4.98 Å². The molecule has 0 aliphatic heterocycles. The number of aromatic nitrogens is 1. The standard InChI is InChI=1S/C18H18N2/c1-2-18(19)15-8-6-14(7-9-15)16-5-3-4-13-10-11-20-12-17(13)16/h3-12,18H,2,19H2,1H3. The van der Waals surface area contributed by atoms with Gasteiger partial charge < -0.3 is 5.73 Å². The van der Waals surface area contributed by atoms with Crippen molar-refractivity contribution in [3.63, 3.8) is 0 Å². The van der Waals surface area contributed by atoms with E-state index in [1.54, 1.807) is 0 Å². The molecule has 0 spiro atoms. The van der Waals surface area contributed by atoms with Crippen LogP contribution in [0.2, 0.25) is 0 Å². The van der Waals surface area contributed by atoms with Crippen LogP contribution in [0.15, 0.2) is 60.9 Å². The summed E-state index contributed by atoms with van der Waals surface area (Å²) in [6.07, 6.45) is 4.71. The van der Waals surface area contributed by atoms with Crippen LogP contribution in [-0.2, 0) is 0 Å². The van der Waals surface area contributed by atoms with E-state index in [0.717, 1.165) is 6.42 Å². The van der Waals surface area contributed by atoms with E-state index in [1.807, 2.05) is 18.5 Å². The molecular weight excluding hydrogens is 244 g/mol. The topological polar surface area (TPSA) is 38.9 Å². The first kappa shape index (κ1) is 12.8. The molecule has 0 amide bonds. The Morgan fingerprint density at radius 3 is 2.60 bits per heavy atom. The van der Waals surface area contributed by atoms with Crippen molar-refractivity contribution in [3.05, 3.63) is 66.5 Å². The van der Waals surface area contributed by atoms with Gasteiger partial charge >= 0.3 is 0 Å². The third-order valence-electron chi connectivity index (χ3n) is 3.77. The Labute approximate surface area is 119 Å². The van der Waals surface area contributed by atoms with Crippen LogP contribution in [0, 0.1) is 0 Å². The molecule has 2 aromatic carbocycles. The van der Waals surface area contributed by atoms with Crippen LogP contribution >= 0.6 is 0 Å². The van der Waals surface area contributed by atoms with Crippen molar-refractivity contribution in [1.29, 1.82) is 0 Å². The maximum absolute atomic E-state index is 6.06. The van der Waals surface area contributed by atoms with Gasteiger partial charge in [0, 0.05) is 23.8 Å². The van der Waals surface area contributed by atoms with Gasteiger partial charge in [0.15, 0.2) is 0 Å². The molecule has 0 radical (unpaired) electrons. The normalized spacial score (nSPS) is 12.5. The Balaban J connectivity index is 2.07. The summed E-state index contributed by atoms with van der Waals surface area (Å²) < 4.78 is 0. The van der Waals surface area contributed by atoms with Crippen molar-refractivity contribution < 1.29 is 0 Å². The number of hydrogen-bond donors (Lipinski definition) is 1. The van der Waals surface area contributed by atoms with Crippen molar-refractivity contribution in [2.24, 2.45) is 5.73 Å². The zero-order valence-corrected chi connectivity index (χ0v) is 11.6. The molecule has 1 aromatic heterocycles. The van der Waals surface area contributed by atoms with Gasteiger partial charge in [-0.25, -0.2) is 0 Å². The third kappa shape index (κ3) is 2.30. The Hall–Kier alpha value is -2.19. The van der Waals surface area contributed by atoms with Crippen LogP contribution in [0.5, 0.6) is 0 Å². The summed E-state index contributed by atoms with van der Waals surface area (Å²) in [5.74, 6) is 0. The van der Waals surface area contributed by atoms with Crippen LogP contribution in [0.1, 0.15) is 24.9 Å². The van der Waals surface area contributed by atoms with E-state index < -0.39 is 0 Å². The molecule has 1 unspecified atom stereocenters. The van der Waals surface area contributed by atoms with Gasteiger partial charge in [-0.3, -0.25) is 4.98 Å². The van der Waals surface area contributed by atoms with Gasteiger partial charge in [-0.1, -0.05) is 49.4 Å². The molecule has 1 atom stereocenters. The molecule has 1 heterocycles. The number of hydrogen-bond acceptors (Lipinski definition) is 2. The highest BCUT2D eigenvalue weighted by Crippen LogP contribution is 2.28. The van der Waals surface area contributed by atoms with Crippen LogP contribution in [0.4, 0.5) is 0 Å². The number of rotatable bonds is 3. The Morgan fingerprint density at radius 1 is 1.05 bits per heavy atom. The van der Waals surface area contributed by atoms with Crippen molar-refractivity contribution in [1.82, 2.24) is 4.98 Å². The summed E-state index contributed by atoms with van der Waals surface area (Å²) in [4.78, 5) is 4.24. The Bertz CT molecular complexity index is 712. The average Bonchev–Trinajstić information content (AvgIpc) is 2.54. The molecule has 0 saturated carbocycles. The molecule has 0 aliphatic carbocycles. The lowest BCUT2D eigenvalue weighted by atomic mass is 9.97. The minimum atomic E-state index is 0.123. The van der Waals surface area contributed by atoms with E-state index in [0.29, 0.717) is 0 Å². The van der Waals surface area contributed by atoms with Crippen molar-refractivity contribution in [2.75, 3.05) is 0 Å². The van der Waals surface area contributed by atoms with Gasteiger partial charge in [-0.15, -0.1) is 0 Å². The first-order valence-corrected chi connectivity index (χ1v) is 6.98. The summed E-state index contributed by atoms with van der Waals surface area (Å²) in [6.45, 7) is 2.11. The molecule has 20 heavy (non-hydrogen) atoms. The van der Waals surface area contributed by atoms with E-state index in [4.69, 9.17) is 5.73 Å². The fourth-order valence-electron chi connectivity index (χ4n) is 2.51. The largest absolute Gasteiger partial charge is 0.324 e. The van der Waals surface area contributed by atoms with E-state index in [-0.39, 0.29) is 6.04 Å². The maximum atomic E-state index is 6.06. The Morgan fingerprint density at radius 2 is 1.85 bits per heavy atom. The molecule has 2 N–H and O–H groups in total. The smallest absolute Gasteiger partial charge is 0.0352 e. The SMILES string of the molecule is CCC(N)c1ccc(-c2cccc3ccncc23)cc1. The van der Waals surface area contributed by atoms with Crippen molar-refractivity contribution in [3.8, 4) is 11.1 Å². The number of benzene rings is 2. The second kappa shape index (κ2) is 5.43. The molecule has 2 heteroatoms. The first-order chi connectivity index (χ1) is 9.79. The predicted molar refractivity (Wildman–Crippen MR) is 84.4 cm³/mol. The molecule has 3 rings (SSSR count). The zero-order valence-electron chi connectivity index (χ0n) is 11.6. The fraction of sp³-hybridized carbons (Fsp3) is 0.167. The maximum Gasteiger partial charge on any atom is 0.0352 e. The number of pyridine rings is 1. The van der Waals surface area contributed by atoms with Gasteiger partial charge in [-0.2, -0.15) is 0 Å². The molecule has 2 nitrogen and oxygen atoms in total. The van der Waals surface area contributed by atoms with Crippen molar-refractivity contribution >= 4 is 10.8 Å². The highest BCUT2D eigenvalue weighted by Gasteiger charge is 2.06. The molecular formula is C18H18N2. The lowest BCUT2D eigenvalue weighted by molar-refractivity contribution is 0.699. The van der Waals surface area contributed by atoms with Gasteiger partial charge in [0.25, 0.3) is 0 Å². The molecule has 0 fully saturated rings. The van der Waals surface area contributed by atoms with Gasteiger partial charge in [0.05, 0.1) is 0 Å². The first-order valence-electron chi connectivity index (χ1n) is 6.98. The third-order valence-corrected chi connectivity index (χ3v) is 3.77. The molecule has 0 bridgehead atoms. The second-order valence-corrected chi connectivity index (χ2v) is 5.04. The lowest BCUT2D eigenvalue weighted by Gasteiger charge is -2.11. The number of nitrogens with two attached hydrogens (primary N) is 1. The lowest BCUT2D eigenvalue weighted by Crippen LogP contribution is -2.08. The quantitative estimate of drug-likeness (QED) is 0.763. The number of fused-ring (bicyclic) bond motifs is 1. The minimum Gasteiger partial charge on any atom is -0.324 e. The van der Waals surface area contributed by atoms with Gasteiger partial charge in [0.2, 0.25) is 0 Å². The van der Waals surface area contributed by atoms with E-state index in [9.17, 15) is 0 Å². The molecule has 3 aromatic rings. The second-order valence-electron chi connectivity index (χ2n) is 5.04. The van der Waals surface area contributed by atoms with Gasteiger partial charge in [0.1, 0.15) is 0 Å². The van der Waals surface area contributed by atoms with Crippen LogP contribution in [0.3, 0.4) is 0 Å². The highest BCUT2D eigenvalue weighted by molar-refractivity contribution is 5.95. The van der Waals surface area contributed by atoms with Crippen molar-refractivity contribution in [2.45, 2.75) is 19.4 Å². The van der Waals surface area contributed by atoms with Gasteiger partial charge in [-0.05, 0) is 34.6 Å². The van der Waals surface area contributed by atoms with E-state index in [2.05, 4.69) is 54.4 Å². The monoisotopic (exact) mass is 262 g/mol. The van der Waals surface area contributed by atoms with Crippen LogP contribution in [0.25, 0.3) is 21.9 Å². The van der Waals surface area contributed by atoms with E-state index >= 15 is 0 Å². The van der Waals surface area contributed by atoms with E-state index in [1.165, 1.54) is 27.5 Å². The summed E-state index contributed by atoms with van der Waals surface area (Å²) in [7, 11) is 0. The predicted octanol–water partition coefficient (Wildman–Crippen LogP) is 4.31. The summed E-state index contributed by atoms with van der Waals surface area (Å²) in [6, 6.07) is 17.0. The summed E-state index contributed by atoms with van der Waals surface area (Å²) >= 11 is 0. The van der Waals surface area contributed by atoms with Crippen LogP contribution < -0.4 is 5.73 Å². The fourth-order valence-corrected chi connectivity index (χ4v) is 2.51. The summed E-state index contributed by atoms with van der Waals surface area (Å²) in [5.41, 5.74) is 9.67. The molecule has 0 saturated heterocycles. The molecule has 100 valence electrons. The Kier molecular flexibility index (Phi) is 3.48. The average molecular weight is 262 g/mol. The number of nitrogens with zero attached hydrogens (tertiary/aromatic N) is 1. The summed E-state index contributed by atoms with van der Waals surface area (Å²) in [5, 5.41) is 2.40. The zero-order chi connectivity index (χ0) is 13.9. The minimum absolute atomic E-state index is 0.123. The highest BCUT2D eigenvalue weighted by atomic mass is 14.6. The molecule has 0 aliphatic rings.